The van der Waals surface area contributed by atoms with Crippen LogP contribution in [0.25, 0.3) is 10.9 Å². The van der Waals surface area contributed by atoms with Gasteiger partial charge >= 0.3 is 0 Å². The smallest absolute Gasteiger partial charge is 0.145 e. The van der Waals surface area contributed by atoms with Crippen LogP contribution in [0.1, 0.15) is 18.2 Å². The molecule has 3 heteroatoms. The third-order valence-electron chi connectivity index (χ3n) is 3.26. The van der Waals surface area contributed by atoms with Crippen molar-refractivity contribution in [2.24, 2.45) is 0 Å². The number of aromatic nitrogens is 1. The SMILES string of the molecule is COc1cccc2c3c(c(C)nc12)C[C@H](C)O3. The highest BCUT2D eigenvalue weighted by molar-refractivity contribution is 5.91. The van der Waals surface area contributed by atoms with Gasteiger partial charge < -0.3 is 9.47 Å². The van der Waals surface area contributed by atoms with E-state index >= 15 is 0 Å². The van der Waals surface area contributed by atoms with Gasteiger partial charge in [-0.25, -0.2) is 4.98 Å². The number of methoxy groups -OCH3 is 1. The molecule has 0 N–H and O–H groups in total. The standard InChI is InChI=1S/C14H15NO2/c1-8-7-11-9(2)15-13-10(14(11)17-8)5-4-6-12(13)16-3/h4-6,8H,7H2,1-3H3/t8-/m0/s1. The number of hydrogen-bond acceptors (Lipinski definition) is 3. The fourth-order valence-electron chi connectivity index (χ4n) is 2.45. The second kappa shape index (κ2) is 3.62. The topological polar surface area (TPSA) is 31.4 Å². The molecule has 1 aromatic heterocycles. The lowest BCUT2D eigenvalue weighted by molar-refractivity contribution is 0.257. The Morgan fingerprint density at radius 1 is 1.41 bits per heavy atom. The van der Waals surface area contributed by atoms with Crippen LogP contribution in [-0.4, -0.2) is 18.2 Å². The van der Waals surface area contributed by atoms with Gasteiger partial charge in [0.2, 0.25) is 0 Å². The summed E-state index contributed by atoms with van der Waals surface area (Å²) in [6.07, 6.45) is 1.18. The van der Waals surface area contributed by atoms with Crippen LogP contribution in [0.5, 0.6) is 11.5 Å². The van der Waals surface area contributed by atoms with Crippen molar-refractivity contribution in [3.05, 3.63) is 29.5 Å². The van der Waals surface area contributed by atoms with Crippen molar-refractivity contribution < 1.29 is 9.47 Å². The highest BCUT2D eigenvalue weighted by atomic mass is 16.5. The molecular formula is C14H15NO2. The van der Waals surface area contributed by atoms with Crippen LogP contribution < -0.4 is 9.47 Å². The molecule has 88 valence electrons. The molecule has 0 radical (unpaired) electrons. The molecule has 2 aromatic rings. The largest absolute Gasteiger partial charge is 0.494 e. The van der Waals surface area contributed by atoms with E-state index in [-0.39, 0.29) is 6.10 Å². The first-order valence-electron chi connectivity index (χ1n) is 5.83. The van der Waals surface area contributed by atoms with Crippen LogP contribution in [0.3, 0.4) is 0 Å². The van der Waals surface area contributed by atoms with Crippen molar-refractivity contribution in [2.45, 2.75) is 26.4 Å². The van der Waals surface area contributed by atoms with Crippen LogP contribution >= 0.6 is 0 Å². The lowest BCUT2D eigenvalue weighted by Crippen LogP contribution is -2.05. The molecule has 0 unspecified atom stereocenters. The zero-order valence-corrected chi connectivity index (χ0v) is 10.3. The molecular weight excluding hydrogens is 214 g/mol. The second-order valence-electron chi connectivity index (χ2n) is 4.49. The molecule has 0 aliphatic carbocycles. The molecule has 17 heavy (non-hydrogen) atoms. The Balaban J connectivity index is 2.37. The minimum Gasteiger partial charge on any atom is -0.494 e. The van der Waals surface area contributed by atoms with Crippen LogP contribution in [0.4, 0.5) is 0 Å². The van der Waals surface area contributed by atoms with Crippen LogP contribution in [0, 0.1) is 6.92 Å². The molecule has 1 atom stereocenters. The number of benzene rings is 1. The average Bonchev–Trinajstić information content (AvgIpc) is 2.71. The first-order chi connectivity index (χ1) is 8.20. The number of rotatable bonds is 1. The van der Waals surface area contributed by atoms with E-state index in [2.05, 4.69) is 11.9 Å². The molecule has 0 fully saturated rings. The van der Waals surface area contributed by atoms with E-state index < -0.39 is 0 Å². The van der Waals surface area contributed by atoms with Gasteiger partial charge in [0, 0.05) is 23.1 Å². The maximum Gasteiger partial charge on any atom is 0.145 e. The van der Waals surface area contributed by atoms with Crippen LogP contribution in [0.2, 0.25) is 0 Å². The minimum atomic E-state index is 0.238. The molecule has 1 aliphatic rings. The summed E-state index contributed by atoms with van der Waals surface area (Å²) < 4.78 is 11.3. The fraction of sp³-hybridized carbons (Fsp3) is 0.357. The van der Waals surface area contributed by atoms with Crippen LogP contribution in [-0.2, 0) is 6.42 Å². The summed E-state index contributed by atoms with van der Waals surface area (Å²) in [5.41, 5.74) is 3.17. The van der Waals surface area contributed by atoms with Gasteiger partial charge in [-0.05, 0) is 26.0 Å². The van der Waals surface area contributed by atoms with Gasteiger partial charge in [-0.15, -0.1) is 0 Å². The predicted octanol–water partition coefficient (Wildman–Crippen LogP) is 2.88. The molecule has 0 bridgehead atoms. The summed E-state index contributed by atoms with van der Waals surface area (Å²) in [5, 5.41) is 1.05. The number of pyridine rings is 1. The summed E-state index contributed by atoms with van der Waals surface area (Å²) in [6.45, 7) is 4.12. The Kier molecular flexibility index (Phi) is 2.21. The van der Waals surface area contributed by atoms with Gasteiger partial charge in [-0.2, -0.15) is 0 Å². The first kappa shape index (κ1) is 10.4. The Bertz CT molecular complexity index is 592. The second-order valence-corrected chi connectivity index (χ2v) is 4.49. The number of hydrogen-bond donors (Lipinski definition) is 0. The molecule has 0 amide bonds. The monoisotopic (exact) mass is 229 g/mol. The van der Waals surface area contributed by atoms with Crippen molar-refractivity contribution >= 4 is 10.9 Å². The molecule has 0 saturated heterocycles. The van der Waals surface area contributed by atoms with Gasteiger partial charge in [-0.3, -0.25) is 0 Å². The van der Waals surface area contributed by atoms with Gasteiger partial charge in [0.1, 0.15) is 23.1 Å². The van der Waals surface area contributed by atoms with E-state index in [0.29, 0.717) is 0 Å². The molecule has 0 spiro atoms. The highest BCUT2D eigenvalue weighted by Gasteiger charge is 2.25. The highest BCUT2D eigenvalue weighted by Crippen LogP contribution is 2.39. The van der Waals surface area contributed by atoms with Gasteiger partial charge in [0.15, 0.2) is 0 Å². The van der Waals surface area contributed by atoms with Crippen molar-refractivity contribution in [1.82, 2.24) is 4.98 Å². The Morgan fingerprint density at radius 3 is 3.00 bits per heavy atom. The first-order valence-corrected chi connectivity index (χ1v) is 5.83. The molecule has 1 aromatic carbocycles. The number of fused-ring (bicyclic) bond motifs is 3. The predicted molar refractivity (Wildman–Crippen MR) is 66.8 cm³/mol. The molecule has 3 rings (SSSR count). The lowest BCUT2D eigenvalue weighted by atomic mass is 10.1. The quantitative estimate of drug-likeness (QED) is 0.753. The Hall–Kier alpha value is -1.77. The normalized spacial score (nSPS) is 17.9. The third-order valence-corrected chi connectivity index (χ3v) is 3.26. The maximum absolute atomic E-state index is 5.90. The fourth-order valence-corrected chi connectivity index (χ4v) is 2.45. The molecule has 1 aliphatic heterocycles. The summed E-state index contributed by atoms with van der Waals surface area (Å²) in [4.78, 5) is 4.65. The van der Waals surface area contributed by atoms with Crippen molar-refractivity contribution in [2.75, 3.05) is 7.11 Å². The van der Waals surface area contributed by atoms with E-state index in [4.69, 9.17) is 9.47 Å². The average molecular weight is 229 g/mol. The zero-order valence-electron chi connectivity index (χ0n) is 10.3. The number of ether oxygens (including phenoxy) is 2. The van der Waals surface area contributed by atoms with E-state index in [1.807, 2.05) is 25.1 Å². The van der Waals surface area contributed by atoms with Crippen LogP contribution in [0.15, 0.2) is 18.2 Å². The lowest BCUT2D eigenvalue weighted by Gasteiger charge is -2.10. The van der Waals surface area contributed by atoms with Gasteiger partial charge in [0.25, 0.3) is 0 Å². The molecule has 0 saturated carbocycles. The number of aryl methyl sites for hydroxylation is 1. The van der Waals surface area contributed by atoms with Crippen molar-refractivity contribution in [1.29, 1.82) is 0 Å². The van der Waals surface area contributed by atoms with Crippen molar-refractivity contribution in [3.8, 4) is 11.5 Å². The Labute approximate surface area is 100 Å². The van der Waals surface area contributed by atoms with E-state index in [1.54, 1.807) is 7.11 Å². The van der Waals surface area contributed by atoms with E-state index in [0.717, 1.165) is 34.5 Å². The summed E-state index contributed by atoms with van der Waals surface area (Å²) in [5.74, 6) is 1.79. The van der Waals surface area contributed by atoms with Gasteiger partial charge in [0.05, 0.1) is 7.11 Å². The molecule has 3 nitrogen and oxygen atoms in total. The maximum atomic E-state index is 5.90. The summed E-state index contributed by atoms with van der Waals surface area (Å²) >= 11 is 0. The summed E-state index contributed by atoms with van der Waals surface area (Å²) in [7, 11) is 1.67. The van der Waals surface area contributed by atoms with Gasteiger partial charge in [-0.1, -0.05) is 6.07 Å². The number of nitrogens with zero attached hydrogens (tertiary/aromatic N) is 1. The minimum absolute atomic E-state index is 0.238. The Morgan fingerprint density at radius 2 is 2.24 bits per heavy atom. The van der Waals surface area contributed by atoms with Crippen molar-refractivity contribution in [3.63, 3.8) is 0 Å². The number of para-hydroxylation sites is 1. The third kappa shape index (κ3) is 1.46. The summed E-state index contributed by atoms with van der Waals surface area (Å²) in [6, 6.07) is 5.95. The zero-order chi connectivity index (χ0) is 12.0. The van der Waals surface area contributed by atoms with E-state index in [9.17, 15) is 0 Å². The molecule has 2 heterocycles. The van der Waals surface area contributed by atoms with E-state index in [1.165, 1.54) is 5.56 Å².